The molecule has 1 unspecified atom stereocenters. The van der Waals surface area contributed by atoms with Gasteiger partial charge in [0.25, 0.3) is 0 Å². The summed E-state index contributed by atoms with van der Waals surface area (Å²) in [6.45, 7) is 0.617. The fourth-order valence-electron chi connectivity index (χ4n) is 3.68. The van der Waals surface area contributed by atoms with Crippen LogP contribution in [0.1, 0.15) is 38.5 Å². The van der Waals surface area contributed by atoms with E-state index in [-0.39, 0.29) is 10.9 Å². The van der Waals surface area contributed by atoms with E-state index < -0.39 is 10.0 Å². The number of nitrogen functional groups attached to an aromatic ring is 1. The molecule has 116 valence electrons. The molecule has 2 fully saturated rings. The standard InChI is InChI=1S/C15H21ClN2O2S/c16-13-10-12(7-8-14(13)17)21(19,20)18-9-3-6-15(18)11-4-1-2-5-11/h7-8,10-11,15H,1-6,9,17H2. The highest BCUT2D eigenvalue weighted by Crippen LogP contribution is 2.38. The number of anilines is 1. The number of nitrogens with zero attached hydrogens (tertiary/aromatic N) is 1. The van der Waals surface area contributed by atoms with Gasteiger partial charge in [0, 0.05) is 12.6 Å². The van der Waals surface area contributed by atoms with Crippen LogP contribution in [-0.4, -0.2) is 25.3 Å². The van der Waals surface area contributed by atoms with Crippen molar-refractivity contribution in [3.8, 4) is 0 Å². The van der Waals surface area contributed by atoms with Crippen molar-refractivity contribution in [2.24, 2.45) is 5.92 Å². The zero-order valence-corrected chi connectivity index (χ0v) is 13.5. The van der Waals surface area contributed by atoms with Crippen LogP contribution in [0.5, 0.6) is 0 Å². The van der Waals surface area contributed by atoms with Crippen molar-refractivity contribution in [3.05, 3.63) is 23.2 Å². The monoisotopic (exact) mass is 328 g/mol. The molecule has 4 nitrogen and oxygen atoms in total. The first kappa shape index (κ1) is 15.1. The molecule has 0 bridgehead atoms. The first-order valence-corrected chi connectivity index (χ1v) is 9.39. The fraction of sp³-hybridized carbons (Fsp3) is 0.600. The molecule has 0 radical (unpaired) electrons. The minimum absolute atomic E-state index is 0.161. The van der Waals surface area contributed by atoms with E-state index in [2.05, 4.69) is 0 Å². The quantitative estimate of drug-likeness (QED) is 0.866. The normalized spacial score (nSPS) is 24.7. The molecule has 2 aliphatic rings. The van der Waals surface area contributed by atoms with Gasteiger partial charge in [0.15, 0.2) is 0 Å². The average molecular weight is 329 g/mol. The van der Waals surface area contributed by atoms with Crippen LogP contribution in [0.3, 0.4) is 0 Å². The summed E-state index contributed by atoms with van der Waals surface area (Å²) in [5.41, 5.74) is 6.08. The zero-order valence-electron chi connectivity index (χ0n) is 12.0. The lowest BCUT2D eigenvalue weighted by molar-refractivity contribution is 0.288. The van der Waals surface area contributed by atoms with E-state index in [4.69, 9.17) is 17.3 Å². The summed E-state index contributed by atoms with van der Waals surface area (Å²) < 4.78 is 27.5. The van der Waals surface area contributed by atoms with E-state index in [9.17, 15) is 8.42 Å². The highest BCUT2D eigenvalue weighted by Gasteiger charge is 2.40. The number of nitrogens with two attached hydrogens (primary N) is 1. The Kier molecular flexibility index (Phi) is 4.17. The third-order valence-corrected chi connectivity index (χ3v) is 7.02. The Bertz CT molecular complexity index is 627. The van der Waals surface area contributed by atoms with Crippen LogP contribution in [0, 0.1) is 5.92 Å². The highest BCUT2D eigenvalue weighted by molar-refractivity contribution is 7.89. The smallest absolute Gasteiger partial charge is 0.243 e. The predicted octanol–water partition coefficient (Wildman–Crippen LogP) is 3.27. The SMILES string of the molecule is Nc1ccc(S(=O)(=O)N2CCCC2C2CCCC2)cc1Cl. The molecule has 0 amide bonds. The summed E-state index contributed by atoms with van der Waals surface area (Å²) in [5, 5.41) is 0.299. The van der Waals surface area contributed by atoms with Crippen LogP contribution in [-0.2, 0) is 10.0 Å². The Balaban J connectivity index is 1.91. The van der Waals surface area contributed by atoms with Gasteiger partial charge in [-0.05, 0) is 49.8 Å². The molecule has 3 rings (SSSR count). The van der Waals surface area contributed by atoms with Gasteiger partial charge >= 0.3 is 0 Å². The third kappa shape index (κ3) is 2.79. The van der Waals surface area contributed by atoms with E-state index in [1.54, 1.807) is 16.4 Å². The molecule has 1 aromatic rings. The fourth-order valence-corrected chi connectivity index (χ4v) is 5.71. The van der Waals surface area contributed by atoms with Crippen molar-refractivity contribution in [1.29, 1.82) is 0 Å². The van der Waals surface area contributed by atoms with Crippen LogP contribution in [0.15, 0.2) is 23.1 Å². The van der Waals surface area contributed by atoms with Gasteiger partial charge in [-0.2, -0.15) is 4.31 Å². The van der Waals surface area contributed by atoms with Crippen LogP contribution in [0.4, 0.5) is 5.69 Å². The van der Waals surface area contributed by atoms with Crippen LogP contribution < -0.4 is 5.73 Å². The maximum atomic E-state index is 12.9. The van der Waals surface area contributed by atoms with E-state index in [1.165, 1.54) is 18.9 Å². The van der Waals surface area contributed by atoms with Crippen molar-refractivity contribution < 1.29 is 8.42 Å². The maximum Gasteiger partial charge on any atom is 0.243 e. The van der Waals surface area contributed by atoms with Crippen molar-refractivity contribution in [3.63, 3.8) is 0 Å². The molecule has 6 heteroatoms. The topological polar surface area (TPSA) is 63.4 Å². The first-order valence-electron chi connectivity index (χ1n) is 7.57. The van der Waals surface area contributed by atoms with E-state index in [1.807, 2.05) is 0 Å². The lowest BCUT2D eigenvalue weighted by Crippen LogP contribution is -2.39. The largest absolute Gasteiger partial charge is 0.398 e. The molecule has 1 aliphatic heterocycles. The molecule has 1 aliphatic carbocycles. The van der Waals surface area contributed by atoms with Gasteiger partial charge < -0.3 is 5.73 Å². The molecule has 21 heavy (non-hydrogen) atoms. The maximum absolute atomic E-state index is 12.9. The van der Waals surface area contributed by atoms with Gasteiger partial charge in [-0.1, -0.05) is 24.4 Å². The Morgan fingerprint density at radius 3 is 2.52 bits per heavy atom. The number of rotatable bonds is 3. The molecule has 0 aromatic heterocycles. The summed E-state index contributed by atoms with van der Waals surface area (Å²) >= 11 is 5.98. The molecule has 1 atom stereocenters. The molecule has 1 heterocycles. The van der Waals surface area contributed by atoms with Crippen LogP contribution in [0.2, 0.25) is 5.02 Å². The average Bonchev–Trinajstić information content (AvgIpc) is 3.11. The van der Waals surface area contributed by atoms with Crippen molar-refractivity contribution in [1.82, 2.24) is 4.31 Å². The Labute approximate surface area is 131 Å². The molecule has 0 spiro atoms. The van der Waals surface area contributed by atoms with Gasteiger partial charge in [-0.15, -0.1) is 0 Å². The van der Waals surface area contributed by atoms with Gasteiger partial charge in [0.2, 0.25) is 10.0 Å². The van der Waals surface area contributed by atoms with E-state index in [0.29, 0.717) is 23.2 Å². The Morgan fingerprint density at radius 1 is 1.14 bits per heavy atom. The first-order chi connectivity index (χ1) is 10.00. The summed E-state index contributed by atoms with van der Waals surface area (Å²) in [4.78, 5) is 0.256. The number of hydrogen-bond donors (Lipinski definition) is 1. The summed E-state index contributed by atoms with van der Waals surface area (Å²) in [5.74, 6) is 0.520. The van der Waals surface area contributed by atoms with Crippen molar-refractivity contribution in [2.75, 3.05) is 12.3 Å². The molecule has 2 N–H and O–H groups in total. The summed E-state index contributed by atoms with van der Waals surface area (Å²) in [7, 11) is -3.47. The molecular formula is C15H21ClN2O2S. The molecular weight excluding hydrogens is 308 g/mol. The summed E-state index contributed by atoms with van der Waals surface area (Å²) in [6, 6.07) is 4.75. The highest BCUT2D eigenvalue weighted by atomic mass is 35.5. The number of sulfonamides is 1. The van der Waals surface area contributed by atoms with E-state index in [0.717, 1.165) is 25.7 Å². The van der Waals surface area contributed by atoms with Crippen LogP contribution >= 0.6 is 11.6 Å². The number of benzene rings is 1. The minimum atomic E-state index is -3.47. The minimum Gasteiger partial charge on any atom is -0.398 e. The van der Waals surface area contributed by atoms with E-state index >= 15 is 0 Å². The van der Waals surface area contributed by atoms with Crippen molar-refractivity contribution >= 4 is 27.3 Å². The van der Waals surface area contributed by atoms with Gasteiger partial charge in [0.1, 0.15) is 0 Å². The lowest BCUT2D eigenvalue weighted by Gasteiger charge is -2.28. The predicted molar refractivity (Wildman–Crippen MR) is 84.7 cm³/mol. The van der Waals surface area contributed by atoms with Crippen molar-refractivity contribution in [2.45, 2.75) is 49.5 Å². The van der Waals surface area contributed by atoms with Gasteiger partial charge in [0.05, 0.1) is 15.6 Å². The van der Waals surface area contributed by atoms with Gasteiger partial charge in [-0.25, -0.2) is 8.42 Å². The Morgan fingerprint density at radius 2 is 1.86 bits per heavy atom. The third-order valence-electron chi connectivity index (χ3n) is 4.77. The summed E-state index contributed by atoms with van der Waals surface area (Å²) in [6.07, 6.45) is 6.68. The second-order valence-corrected chi connectivity index (χ2v) is 8.35. The molecule has 1 saturated carbocycles. The Hall–Kier alpha value is -0.780. The number of halogens is 1. The molecule has 1 aromatic carbocycles. The molecule has 1 saturated heterocycles. The zero-order chi connectivity index (χ0) is 15.0. The second kappa shape index (κ2) is 5.78. The number of hydrogen-bond acceptors (Lipinski definition) is 3. The van der Waals surface area contributed by atoms with Crippen LogP contribution in [0.25, 0.3) is 0 Å². The second-order valence-electron chi connectivity index (χ2n) is 6.05. The van der Waals surface area contributed by atoms with Gasteiger partial charge in [-0.3, -0.25) is 0 Å². The lowest BCUT2D eigenvalue weighted by atomic mass is 9.97.